The molecule has 9 nitrogen and oxygen atoms in total. The first-order valence-corrected chi connectivity index (χ1v) is 12.4. The lowest BCUT2D eigenvalue weighted by Crippen LogP contribution is -2.57. The predicted octanol–water partition coefficient (Wildman–Crippen LogP) is 1.17. The number of carbonyl (C=O) groups excluding carboxylic acids is 5. The quantitative estimate of drug-likeness (QED) is 0.327. The first-order valence-electron chi connectivity index (χ1n) is 11.4. The zero-order valence-corrected chi connectivity index (χ0v) is 21.3. The van der Waals surface area contributed by atoms with Gasteiger partial charge in [0.1, 0.15) is 18.1 Å². The SMILES string of the molecule is CCSC(=O)CNC(=O)[C@H](Cc1ccccc1)NC(=O)[C@H](C)NC(=O)[C@@H](NC(C)=O)[C@@H](C)CC. The molecule has 0 aliphatic rings. The zero-order chi connectivity index (χ0) is 25.7. The minimum absolute atomic E-state index is 0.130. The average Bonchev–Trinajstić information content (AvgIpc) is 2.80. The summed E-state index contributed by atoms with van der Waals surface area (Å²) in [4.78, 5) is 61.6. The van der Waals surface area contributed by atoms with Crippen LogP contribution in [0.2, 0.25) is 0 Å². The fraction of sp³-hybridized carbons (Fsp3) is 0.542. The summed E-state index contributed by atoms with van der Waals surface area (Å²) in [6.07, 6.45) is 0.878. The molecule has 0 spiro atoms. The van der Waals surface area contributed by atoms with Crippen molar-refractivity contribution < 1.29 is 24.0 Å². The highest BCUT2D eigenvalue weighted by Gasteiger charge is 2.29. The summed E-state index contributed by atoms with van der Waals surface area (Å²) < 4.78 is 0. The molecule has 0 unspecified atom stereocenters. The van der Waals surface area contributed by atoms with Gasteiger partial charge in [0.25, 0.3) is 0 Å². The van der Waals surface area contributed by atoms with Gasteiger partial charge in [-0.3, -0.25) is 24.0 Å². The third kappa shape index (κ3) is 10.4. The number of benzene rings is 1. The van der Waals surface area contributed by atoms with Crippen molar-refractivity contribution in [2.75, 3.05) is 12.3 Å². The average molecular weight is 493 g/mol. The van der Waals surface area contributed by atoms with Crippen LogP contribution in [0, 0.1) is 5.92 Å². The Hall–Kier alpha value is -2.88. The van der Waals surface area contributed by atoms with Gasteiger partial charge in [-0.25, -0.2) is 0 Å². The largest absolute Gasteiger partial charge is 0.346 e. The molecular formula is C24H36N4O5S. The molecule has 0 saturated carbocycles. The van der Waals surface area contributed by atoms with E-state index in [1.54, 1.807) is 0 Å². The van der Waals surface area contributed by atoms with E-state index in [1.807, 2.05) is 51.1 Å². The second-order valence-corrected chi connectivity index (χ2v) is 9.39. The summed E-state index contributed by atoms with van der Waals surface area (Å²) in [5.74, 6) is -1.38. The maximum absolute atomic E-state index is 12.8. The number of hydrogen-bond acceptors (Lipinski definition) is 6. The van der Waals surface area contributed by atoms with Crippen LogP contribution in [-0.4, -0.2) is 59.2 Å². The Morgan fingerprint density at radius 3 is 2.09 bits per heavy atom. The molecule has 0 aliphatic heterocycles. The van der Waals surface area contributed by atoms with E-state index >= 15 is 0 Å². The van der Waals surface area contributed by atoms with Crippen LogP contribution in [0.25, 0.3) is 0 Å². The van der Waals surface area contributed by atoms with E-state index in [0.29, 0.717) is 12.2 Å². The molecule has 4 amide bonds. The van der Waals surface area contributed by atoms with Crippen LogP contribution in [0.3, 0.4) is 0 Å². The standard InChI is InChI=1S/C24H36N4O5S/c1-6-15(3)21(27-17(5)29)24(33)26-16(4)22(31)28-19(13-18-11-9-8-10-12-18)23(32)25-14-20(30)34-7-2/h8-12,15-16,19,21H,6-7,13-14H2,1-5H3,(H,25,32)(H,26,33)(H,27,29)(H,28,31)/t15-,16-,19-,21-/m0/s1. The minimum atomic E-state index is -0.948. The Morgan fingerprint density at radius 2 is 1.53 bits per heavy atom. The van der Waals surface area contributed by atoms with Crippen molar-refractivity contribution in [3.8, 4) is 0 Å². The van der Waals surface area contributed by atoms with Crippen LogP contribution in [0.5, 0.6) is 0 Å². The molecule has 10 heteroatoms. The Labute approximate surface area is 205 Å². The van der Waals surface area contributed by atoms with Gasteiger partial charge in [-0.2, -0.15) is 0 Å². The molecule has 0 aliphatic carbocycles. The van der Waals surface area contributed by atoms with Crippen molar-refractivity contribution in [1.29, 1.82) is 0 Å². The molecule has 4 N–H and O–H groups in total. The van der Waals surface area contributed by atoms with Gasteiger partial charge >= 0.3 is 0 Å². The van der Waals surface area contributed by atoms with E-state index < -0.39 is 35.8 Å². The fourth-order valence-corrected chi connectivity index (χ4v) is 3.64. The van der Waals surface area contributed by atoms with Gasteiger partial charge in [0.15, 0.2) is 0 Å². The Bertz CT molecular complexity index is 849. The third-order valence-corrected chi connectivity index (χ3v) is 5.99. The number of amides is 4. The molecular weight excluding hydrogens is 456 g/mol. The minimum Gasteiger partial charge on any atom is -0.346 e. The molecule has 1 rings (SSSR count). The maximum atomic E-state index is 12.8. The molecule has 0 fully saturated rings. The number of hydrogen-bond donors (Lipinski definition) is 4. The van der Waals surface area contributed by atoms with E-state index in [0.717, 1.165) is 17.3 Å². The molecule has 0 bridgehead atoms. The van der Waals surface area contributed by atoms with Crippen LogP contribution in [0.4, 0.5) is 0 Å². The zero-order valence-electron chi connectivity index (χ0n) is 20.5. The summed E-state index contributed by atoms with van der Waals surface area (Å²) in [6, 6.07) is 6.51. The van der Waals surface area contributed by atoms with E-state index in [2.05, 4.69) is 21.3 Å². The highest BCUT2D eigenvalue weighted by molar-refractivity contribution is 8.13. The van der Waals surface area contributed by atoms with Gasteiger partial charge in [0, 0.05) is 13.3 Å². The van der Waals surface area contributed by atoms with Crippen molar-refractivity contribution in [1.82, 2.24) is 21.3 Å². The lowest BCUT2D eigenvalue weighted by atomic mass is 9.98. The monoisotopic (exact) mass is 492 g/mol. The summed E-state index contributed by atoms with van der Waals surface area (Å²) in [6.45, 7) is 8.28. The molecule has 0 aromatic heterocycles. The van der Waals surface area contributed by atoms with Crippen molar-refractivity contribution >= 4 is 40.5 Å². The van der Waals surface area contributed by atoms with Gasteiger partial charge < -0.3 is 21.3 Å². The number of rotatable bonds is 13. The Balaban J connectivity index is 2.88. The summed E-state index contributed by atoms with van der Waals surface area (Å²) >= 11 is 1.11. The highest BCUT2D eigenvalue weighted by atomic mass is 32.2. The Kier molecular flexibility index (Phi) is 13.0. The number of thioether (sulfide) groups is 1. The Morgan fingerprint density at radius 1 is 0.882 bits per heavy atom. The van der Waals surface area contributed by atoms with E-state index in [9.17, 15) is 24.0 Å². The lowest BCUT2D eigenvalue weighted by Gasteiger charge is -2.26. The van der Waals surface area contributed by atoms with Crippen LogP contribution < -0.4 is 21.3 Å². The van der Waals surface area contributed by atoms with Gasteiger partial charge in [-0.15, -0.1) is 0 Å². The van der Waals surface area contributed by atoms with Gasteiger partial charge in [-0.05, 0) is 24.2 Å². The van der Waals surface area contributed by atoms with Crippen LogP contribution in [0.1, 0.15) is 46.6 Å². The second-order valence-electron chi connectivity index (χ2n) is 8.07. The second kappa shape index (κ2) is 15.1. The van der Waals surface area contributed by atoms with E-state index in [1.165, 1.54) is 13.8 Å². The maximum Gasteiger partial charge on any atom is 0.243 e. The molecule has 0 heterocycles. The first kappa shape index (κ1) is 29.2. The summed E-state index contributed by atoms with van der Waals surface area (Å²) in [5, 5.41) is 10.3. The smallest absolute Gasteiger partial charge is 0.243 e. The molecule has 0 radical (unpaired) electrons. The topological polar surface area (TPSA) is 133 Å². The van der Waals surface area contributed by atoms with Gasteiger partial charge in [-0.1, -0.05) is 69.3 Å². The first-order chi connectivity index (χ1) is 16.1. The molecule has 34 heavy (non-hydrogen) atoms. The van der Waals surface area contributed by atoms with E-state index in [4.69, 9.17) is 0 Å². The summed E-state index contributed by atoms with van der Waals surface area (Å²) in [7, 11) is 0. The van der Waals surface area contributed by atoms with Crippen molar-refractivity contribution in [3.63, 3.8) is 0 Å². The number of carbonyl (C=O) groups is 5. The summed E-state index contributed by atoms with van der Waals surface area (Å²) in [5.41, 5.74) is 0.830. The van der Waals surface area contributed by atoms with Gasteiger partial charge in [0.2, 0.25) is 28.7 Å². The highest BCUT2D eigenvalue weighted by Crippen LogP contribution is 2.09. The molecule has 0 saturated heterocycles. The normalized spacial score (nSPS) is 14.1. The molecule has 1 aromatic rings. The predicted molar refractivity (Wildman–Crippen MR) is 133 cm³/mol. The molecule has 4 atom stereocenters. The molecule has 188 valence electrons. The van der Waals surface area contributed by atoms with Crippen LogP contribution >= 0.6 is 11.8 Å². The third-order valence-electron chi connectivity index (χ3n) is 5.23. The van der Waals surface area contributed by atoms with Crippen LogP contribution in [0.15, 0.2) is 30.3 Å². The van der Waals surface area contributed by atoms with Crippen molar-refractivity contribution in [2.24, 2.45) is 5.92 Å². The van der Waals surface area contributed by atoms with Crippen LogP contribution in [-0.2, 0) is 30.4 Å². The van der Waals surface area contributed by atoms with Crippen molar-refractivity contribution in [3.05, 3.63) is 35.9 Å². The number of nitrogens with one attached hydrogen (secondary N) is 4. The lowest BCUT2D eigenvalue weighted by molar-refractivity contribution is -0.134. The fourth-order valence-electron chi connectivity index (χ4n) is 3.14. The molecule has 1 aromatic carbocycles. The van der Waals surface area contributed by atoms with Crippen molar-refractivity contribution in [2.45, 2.75) is 65.6 Å². The van der Waals surface area contributed by atoms with E-state index in [-0.39, 0.29) is 29.9 Å². The van der Waals surface area contributed by atoms with Gasteiger partial charge in [0.05, 0.1) is 6.54 Å².